The number of hydrogen-bond donors (Lipinski definition) is 1. The van der Waals surface area contributed by atoms with Crippen LogP contribution in [0.1, 0.15) is 32.1 Å². The summed E-state index contributed by atoms with van der Waals surface area (Å²) < 4.78 is 0. The summed E-state index contributed by atoms with van der Waals surface area (Å²) in [5.74, 6) is 0.701. The van der Waals surface area contributed by atoms with E-state index >= 15 is 0 Å². The largest absolute Gasteiger partial charge is 0.331 e. The highest BCUT2D eigenvalue weighted by Crippen LogP contribution is 2.30. The van der Waals surface area contributed by atoms with Crippen molar-refractivity contribution in [2.45, 2.75) is 38.1 Å². The average Bonchev–Trinajstić information content (AvgIpc) is 2.30. The Morgan fingerprint density at radius 2 is 1.81 bits per heavy atom. The van der Waals surface area contributed by atoms with E-state index < -0.39 is 0 Å². The van der Waals surface area contributed by atoms with Gasteiger partial charge in [-0.15, -0.1) is 0 Å². The van der Waals surface area contributed by atoms with Gasteiger partial charge in [-0.05, 0) is 58.2 Å². The van der Waals surface area contributed by atoms with Gasteiger partial charge in [-0.3, -0.25) is 4.79 Å². The Morgan fingerprint density at radius 1 is 1.12 bits per heavy atom. The summed E-state index contributed by atoms with van der Waals surface area (Å²) in [5.41, 5.74) is 0. The molecule has 2 rings (SSSR count). The number of carbonyl (C=O) groups excluding carboxylic acids is 1. The molecule has 0 aliphatic carbocycles. The van der Waals surface area contributed by atoms with E-state index in [1.165, 1.54) is 38.8 Å². The lowest BCUT2D eigenvalue weighted by atomic mass is 9.84. The van der Waals surface area contributed by atoms with Crippen LogP contribution in [0.4, 0.5) is 4.79 Å². The van der Waals surface area contributed by atoms with Crippen LogP contribution in [0.3, 0.4) is 0 Å². The first kappa shape index (κ1) is 12.2. The summed E-state index contributed by atoms with van der Waals surface area (Å²) in [4.78, 5) is 15.9. The normalized spacial score (nSPS) is 29.4. The van der Waals surface area contributed by atoms with Crippen molar-refractivity contribution < 1.29 is 4.79 Å². The number of nitrogens with zero attached hydrogens (tertiary/aromatic N) is 2. The Hall–Kier alpha value is -0.220. The summed E-state index contributed by atoms with van der Waals surface area (Å²) in [6.07, 6.45) is 6.07. The molecule has 2 saturated heterocycles. The van der Waals surface area contributed by atoms with Crippen LogP contribution in [-0.4, -0.2) is 47.8 Å². The highest BCUT2D eigenvalue weighted by molar-refractivity contribution is 7.96. The molecule has 0 N–H and O–H groups in total. The highest BCUT2D eigenvalue weighted by atomic mass is 32.1. The van der Waals surface area contributed by atoms with Crippen molar-refractivity contribution in [3.8, 4) is 0 Å². The van der Waals surface area contributed by atoms with Crippen LogP contribution in [-0.2, 0) is 0 Å². The highest BCUT2D eigenvalue weighted by Gasteiger charge is 2.33. The van der Waals surface area contributed by atoms with Gasteiger partial charge < -0.3 is 9.80 Å². The molecule has 0 bridgehead atoms. The molecular weight excluding hydrogens is 220 g/mol. The fourth-order valence-corrected chi connectivity index (χ4v) is 3.35. The summed E-state index contributed by atoms with van der Waals surface area (Å²) in [6, 6.07) is 0.465. The fourth-order valence-electron chi connectivity index (χ4n) is 3.10. The number of amides is 1. The standard InChI is InChI=1S/C12H22N2OS/c1-13-8-5-10(6-9-13)11-4-2-3-7-14(11)12(15)16/h10-11H,2-9H2,1H3,(H,15,16). The van der Waals surface area contributed by atoms with Crippen molar-refractivity contribution in [3.05, 3.63) is 0 Å². The molecule has 2 heterocycles. The maximum atomic E-state index is 11.5. The Kier molecular flexibility index (Phi) is 4.14. The van der Waals surface area contributed by atoms with Crippen molar-refractivity contribution in [1.29, 1.82) is 0 Å². The molecule has 2 fully saturated rings. The monoisotopic (exact) mass is 242 g/mol. The van der Waals surface area contributed by atoms with Crippen molar-refractivity contribution in [3.63, 3.8) is 0 Å². The average molecular weight is 242 g/mol. The summed E-state index contributed by atoms with van der Waals surface area (Å²) in [7, 11) is 2.18. The first-order chi connectivity index (χ1) is 7.68. The molecule has 3 nitrogen and oxygen atoms in total. The molecule has 16 heavy (non-hydrogen) atoms. The number of rotatable bonds is 1. The molecule has 0 radical (unpaired) electrons. The molecule has 0 aromatic carbocycles. The smallest absolute Gasteiger partial charge is 0.278 e. The molecule has 4 heteroatoms. The minimum Gasteiger partial charge on any atom is -0.331 e. The second-order valence-electron chi connectivity index (χ2n) is 5.18. The molecule has 1 amide bonds. The number of hydrogen-bond acceptors (Lipinski definition) is 2. The molecular formula is C12H22N2OS. The Morgan fingerprint density at radius 3 is 2.44 bits per heavy atom. The van der Waals surface area contributed by atoms with Gasteiger partial charge in [0, 0.05) is 12.6 Å². The van der Waals surface area contributed by atoms with Gasteiger partial charge in [-0.2, -0.15) is 0 Å². The second-order valence-corrected chi connectivity index (χ2v) is 5.56. The number of likely N-dealkylation sites (tertiary alicyclic amines) is 2. The van der Waals surface area contributed by atoms with Crippen molar-refractivity contribution in [1.82, 2.24) is 9.80 Å². The van der Waals surface area contributed by atoms with Crippen LogP contribution in [0, 0.1) is 5.92 Å². The van der Waals surface area contributed by atoms with Gasteiger partial charge in [0.2, 0.25) is 0 Å². The number of carbonyl (C=O) groups is 1. The maximum Gasteiger partial charge on any atom is 0.278 e. The van der Waals surface area contributed by atoms with Crippen molar-refractivity contribution in [2.75, 3.05) is 26.7 Å². The Labute approximate surface area is 104 Å². The lowest BCUT2D eigenvalue weighted by molar-refractivity contribution is 0.0969. The van der Waals surface area contributed by atoms with Gasteiger partial charge in [-0.25, -0.2) is 0 Å². The van der Waals surface area contributed by atoms with E-state index in [1.54, 1.807) is 0 Å². The third kappa shape index (κ3) is 2.72. The van der Waals surface area contributed by atoms with E-state index in [-0.39, 0.29) is 5.24 Å². The van der Waals surface area contributed by atoms with Gasteiger partial charge in [0.05, 0.1) is 0 Å². The van der Waals surface area contributed by atoms with Gasteiger partial charge in [0.15, 0.2) is 0 Å². The minimum atomic E-state index is -0.0244. The topological polar surface area (TPSA) is 23.6 Å². The van der Waals surface area contributed by atoms with E-state index in [0.717, 1.165) is 13.0 Å². The summed E-state index contributed by atoms with van der Waals surface area (Å²) in [6.45, 7) is 3.27. The number of thiol groups is 1. The van der Waals surface area contributed by atoms with E-state index in [0.29, 0.717) is 12.0 Å². The third-order valence-corrected chi connectivity index (χ3v) is 4.36. The van der Waals surface area contributed by atoms with E-state index in [1.807, 2.05) is 4.90 Å². The first-order valence-corrected chi connectivity index (χ1v) is 6.81. The van der Waals surface area contributed by atoms with Crippen LogP contribution < -0.4 is 0 Å². The fraction of sp³-hybridized carbons (Fsp3) is 0.917. The lowest BCUT2D eigenvalue weighted by Gasteiger charge is -2.42. The van der Waals surface area contributed by atoms with Gasteiger partial charge in [0.25, 0.3) is 5.24 Å². The van der Waals surface area contributed by atoms with E-state index in [9.17, 15) is 4.79 Å². The molecule has 1 unspecified atom stereocenters. The van der Waals surface area contributed by atoms with Crippen molar-refractivity contribution in [2.24, 2.45) is 5.92 Å². The lowest BCUT2D eigenvalue weighted by Crippen LogP contribution is -2.48. The van der Waals surface area contributed by atoms with E-state index in [2.05, 4.69) is 24.6 Å². The molecule has 0 aromatic heterocycles. The predicted octanol–water partition coefficient (Wildman–Crippen LogP) is 2.23. The zero-order chi connectivity index (χ0) is 11.5. The number of piperidine rings is 2. The van der Waals surface area contributed by atoms with Gasteiger partial charge in [0.1, 0.15) is 0 Å². The predicted molar refractivity (Wildman–Crippen MR) is 68.9 cm³/mol. The van der Waals surface area contributed by atoms with Crippen molar-refractivity contribution >= 4 is 17.9 Å². The SMILES string of the molecule is CN1CCC(C2CCCCN2C(=O)S)CC1. The molecule has 0 aromatic rings. The van der Waals surface area contributed by atoms with Gasteiger partial charge in [-0.1, -0.05) is 12.6 Å². The Bertz CT molecular complexity index is 251. The maximum absolute atomic E-state index is 11.5. The zero-order valence-corrected chi connectivity index (χ0v) is 11.0. The summed E-state index contributed by atoms with van der Waals surface area (Å²) in [5, 5.41) is -0.0244. The quantitative estimate of drug-likeness (QED) is 0.713. The summed E-state index contributed by atoms with van der Waals surface area (Å²) >= 11 is 4.01. The second kappa shape index (κ2) is 5.41. The molecule has 0 saturated carbocycles. The molecule has 1 atom stereocenters. The molecule has 2 aliphatic rings. The first-order valence-electron chi connectivity index (χ1n) is 6.36. The van der Waals surface area contributed by atoms with Crippen LogP contribution >= 0.6 is 12.6 Å². The molecule has 2 aliphatic heterocycles. The Balaban J connectivity index is 1.97. The van der Waals surface area contributed by atoms with Crippen LogP contribution in [0.2, 0.25) is 0 Å². The minimum absolute atomic E-state index is 0.0244. The third-order valence-electron chi connectivity index (χ3n) is 4.10. The van der Waals surface area contributed by atoms with Crippen LogP contribution in [0.5, 0.6) is 0 Å². The molecule has 0 spiro atoms. The zero-order valence-electron chi connectivity index (χ0n) is 10.1. The van der Waals surface area contributed by atoms with Crippen LogP contribution in [0.25, 0.3) is 0 Å². The van der Waals surface area contributed by atoms with E-state index in [4.69, 9.17) is 0 Å². The molecule has 92 valence electrons. The van der Waals surface area contributed by atoms with Gasteiger partial charge >= 0.3 is 0 Å². The van der Waals surface area contributed by atoms with Crippen LogP contribution in [0.15, 0.2) is 0 Å².